The molecule has 0 aromatic carbocycles. The van der Waals surface area contributed by atoms with Gasteiger partial charge in [-0.15, -0.1) is 0 Å². The number of hydrogen-bond donors (Lipinski definition) is 13. The van der Waals surface area contributed by atoms with Crippen LogP contribution in [0.5, 0.6) is 0 Å². The van der Waals surface area contributed by atoms with E-state index in [4.69, 9.17) is 18.9 Å². The van der Waals surface area contributed by atoms with Crippen molar-refractivity contribution in [1.29, 1.82) is 0 Å². The Bertz CT molecular complexity index is 890. The summed E-state index contributed by atoms with van der Waals surface area (Å²) in [5.41, 5.74) is 0.0863. The molecule has 2 saturated heterocycles. The van der Waals surface area contributed by atoms with Gasteiger partial charge < -0.3 is 85.3 Å². The van der Waals surface area contributed by atoms with E-state index < -0.39 is 130 Å². The van der Waals surface area contributed by atoms with Gasteiger partial charge in [-0.05, 0) is 25.8 Å². The maximum Gasteiger partial charge on any atom is 0.187 e. The number of rotatable bonds is 12. The highest BCUT2D eigenvalue weighted by Gasteiger charge is 2.52. The molecule has 13 N–H and O–H groups in total. The second kappa shape index (κ2) is 15.6. The molecule has 2 heterocycles. The fourth-order valence-corrected chi connectivity index (χ4v) is 5.75. The highest BCUT2D eigenvalue weighted by molar-refractivity contribution is 5.19. The molecule has 0 aromatic rings. The minimum absolute atomic E-state index is 0.0358. The van der Waals surface area contributed by atoms with Gasteiger partial charge in [-0.25, -0.2) is 0 Å². The number of aliphatic hydroxyl groups excluding tert-OH is 13. The summed E-state index contributed by atoms with van der Waals surface area (Å²) in [6.45, 7) is 0.426. The van der Waals surface area contributed by atoms with Crippen LogP contribution in [0.3, 0.4) is 0 Å². The van der Waals surface area contributed by atoms with Crippen LogP contribution in [0.15, 0.2) is 11.6 Å². The highest BCUT2D eigenvalue weighted by atomic mass is 16.7. The zero-order chi connectivity index (χ0) is 32.3. The largest absolute Gasteiger partial charge is 0.394 e. The van der Waals surface area contributed by atoms with Gasteiger partial charge in [0, 0.05) is 11.8 Å². The van der Waals surface area contributed by atoms with Crippen LogP contribution in [0.25, 0.3) is 0 Å². The Morgan fingerprint density at radius 1 is 0.814 bits per heavy atom. The molecule has 0 radical (unpaired) electrons. The van der Waals surface area contributed by atoms with Gasteiger partial charge >= 0.3 is 0 Å². The molecule has 3 rings (SSSR count). The van der Waals surface area contributed by atoms with Crippen molar-refractivity contribution < 1.29 is 85.3 Å². The van der Waals surface area contributed by atoms with Crippen LogP contribution in [0.2, 0.25) is 0 Å². The van der Waals surface area contributed by atoms with Gasteiger partial charge in [0.2, 0.25) is 0 Å². The minimum Gasteiger partial charge on any atom is -0.394 e. The van der Waals surface area contributed by atoms with Gasteiger partial charge in [0.05, 0.1) is 44.2 Å². The molecular weight excluding hydrogens is 584 g/mol. The van der Waals surface area contributed by atoms with E-state index in [1.54, 1.807) is 0 Å². The fourth-order valence-electron chi connectivity index (χ4n) is 5.75. The van der Waals surface area contributed by atoms with Crippen molar-refractivity contribution in [2.45, 2.75) is 118 Å². The van der Waals surface area contributed by atoms with E-state index >= 15 is 0 Å². The molecule has 43 heavy (non-hydrogen) atoms. The molecule has 2 fully saturated rings. The van der Waals surface area contributed by atoms with Gasteiger partial charge in [-0.3, -0.25) is 0 Å². The van der Waals surface area contributed by atoms with Gasteiger partial charge in [0.25, 0.3) is 0 Å². The third-order valence-corrected chi connectivity index (χ3v) is 8.47. The van der Waals surface area contributed by atoms with Crippen molar-refractivity contribution in [3.05, 3.63) is 11.6 Å². The van der Waals surface area contributed by atoms with Crippen molar-refractivity contribution in [2.75, 3.05) is 19.8 Å². The van der Waals surface area contributed by atoms with E-state index in [0.29, 0.717) is 0 Å². The van der Waals surface area contributed by atoms with Crippen molar-refractivity contribution in [3.63, 3.8) is 0 Å². The first kappa shape index (κ1) is 36.5. The third kappa shape index (κ3) is 7.90. The Morgan fingerprint density at radius 3 is 2.00 bits per heavy atom. The van der Waals surface area contributed by atoms with Crippen LogP contribution in [0.1, 0.15) is 20.3 Å². The summed E-state index contributed by atoms with van der Waals surface area (Å²) in [6.07, 6.45) is -24.1. The zero-order valence-corrected chi connectivity index (χ0v) is 23.7. The Hall–Kier alpha value is -0.940. The molecule has 0 bridgehead atoms. The van der Waals surface area contributed by atoms with Crippen LogP contribution >= 0.6 is 0 Å². The Balaban J connectivity index is 1.70. The van der Waals surface area contributed by atoms with Gasteiger partial charge in [0.1, 0.15) is 61.0 Å². The number of ether oxygens (including phenoxy) is 4. The molecule has 3 aliphatic rings. The molecule has 18 atom stereocenters. The second-order valence-corrected chi connectivity index (χ2v) is 11.5. The monoisotopic (exact) mass is 630 g/mol. The molecule has 0 unspecified atom stereocenters. The smallest absolute Gasteiger partial charge is 0.187 e. The van der Waals surface area contributed by atoms with E-state index in [2.05, 4.69) is 0 Å². The molecule has 0 spiro atoms. The molecule has 0 amide bonds. The summed E-state index contributed by atoms with van der Waals surface area (Å²) in [7, 11) is 0. The quantitative estimate of drug-likeness (QED) is 0.0891. The summed E-state index contributed by atoms with van der Waals surface area (Å²) in [4.78, 5) is 0. The van der Waals surface area contributed by atoms with Gasteiger partial charge in [-0.1, -0.05) is 6.08 Å². The average Bonchev–Trinajstić information content (AvgIpc) is 2.98. The van der Waals surface area contributed by atoms with Crippen LogP contribution in [-0.4, -0.2) is 184 Å². The van der Waals surface area contributed by atoms with Gasteiger partial charge in [-0.2, -0.15) is 0 Å². The first-order valence-electron chi connectivity index (χ1n) is 14.1. The maximum atomic E-state index is 10.9. The SMILES string of the molecule is C[C@H](O)[C@@H](O)[C@H](O[C@H]1O[C@H](CO)[C@@H](O[C@H]2O[C@H](C)[C@@H](C[C@H]3C=C(CO)[C@@H](O)[C@H](O)[C@H]3O)[C@H](O)[C@H]2O)[C@H](O)[C@H]1O)[C@H](O)CO. The lowest BCUT2D eigenvalue weighted by Gasteiger charge is -2.48. The standard InChI is InChI=1S/C26H46O17/c1-8(30)15(32)23(13(31)6-28)42-26-22(39)20(37)24(14(7-29)41-26)43-25-21(38)18(35)12(9(2)40-25)4-10-3-11(5-27)17(34)19(36)16(10)33/h3,8-10,12-39H,4-7H2,1-2H3/t8-,9+,10+,12+,13+,14+,15+,16-,17+,18-,19+,20+,21+,22+,23+,24+,25+,26+/m0/s1. The Morgan fingerprint density at radius 2 is 1.44 bits per heavy atom. The van der Waals surface area contributed by atoms with Crippen molar-refractivity contribution in [2.24, 2.45) is 11.8 Å². The molecule has 2 aliphatic heterocycles. The number of hydrogen-bond acceptors (Lipinski definition) is 17. The Labute approximate surface area is 247 Å². The molecule has 17 heteroatoms. The second-order valence-electron chi connectivity index (χ2n) is 11.5. The maximum absolute atomic E-state index is 10.9. The van der Waals surface area contributed by atoms with E-state index in [9.17, 15) is 66.4 Å². The average molecular weight is 631 g/mol. The lowest BCUT2D eigenvalue weighted by atomic mass is 9.75. The molecule has 0 saturated carbocycles. The predicted molar refractivity (Wildman–Crippen MR) is 139 cm³/mol. The summed E-state index contributed by atoms with van der Waals surface area (Å²) in [5.74, 6) is -1.66. The first-order valence-corrected chi connectivity index (χ1v) is 14.1. The summed E-state index contributed by atoms with van der Waals surface area (Å²) in [5, 5.41) is 133. The molecular formula is C26H46O17. The van der Waals surface area contributed by atoms with Crippen molar-refractivity contribution >= 4 is 0 Å². The summed E-state index contributed by atoms with van der Waals surface area (Å²) >= 11 is 0. The Kier molecular flexibility index (Phi) is 13.2. The first-order chi connectivity index (χ1) is 20.2. The predicted octanol–water partition coefficient (Wildman–Crippen LogP) is -6.61. The molecule has 252 valence electrons. The van der Waals surface area contributed by atoms with Crippen LogP contribution < -0.4 is 0 Å². The van der Waals surface area contributed by atoms with Crippen molar-refractivity contribution in [3.8, 4) is 0 Å². The lowest BCUT2D eigenvalue weighted by molar-refractivity contribution is -0.364. The van der Waals surface area contributed by atoms with Crippen LogP contribution in [0.4, 0.5) is 0 Å². The van der Waals surface area contributed by atoms with Gasteiger partial charge in [0.15, 0.2) is 12.6 Å². The van der Waals surface area contributed by atoms with E-state index in [0.717, 1.165) is 0 Å². The normalized spacial score (nSPS) is 45.2. The molecule has 17 nitrogen and oxygen atoms in total. The molecule has 0 aromatic heterocycles. The topological polar surface area (TPSA) is 300 Å². The van der Waals surface area contributed by atoms with Crippen molar-refractivity contribution in [1.82, 2.24) is 0 Å². The van der Waals surface area contributed by atoms with E-state index in [-0.39, 0.29) is 12.0 Å². The summed E-state index contributed by atoms with van der Waals surface area (Å²) in [6, 6.07) is 0. The van der Waals surface area contributed by atoms with Crippen LogP contribution in [-0.2, 0) is 18.9 Å². The third-order valence-electron chi connectivity index (χ3n) is 8.47. The van der Waals surface area contributed by atoms with E-state index in [1.165, 1.54) is 19.9 Å². The number of aliphatic hydroxyl groups is 13. The van der Waals surface area contributed by atoms with Crippen LogP contribution in [0, 0.1) is 11.8 Å². The lowest BCUT2D eigenvalue weighted by Crippen LogP contribution is -2.64. The van der Waals surface area contributed by atoms with E-state index in [1.807, 2.05) is 0 Å². The minimum atomic E-state index is -1.93. The zero-order valence-electron chi connectivity index (χ0n) is 23.7. The fraction of sp³-hybridized carbons (Fsp3) is 0.923. The molecule has 1 aliphatic carbocycles. The summed E-state index contributed by atoms with van der Waals surface area (Å²) < 4.78 is 22.3. The highest BCUT2D eigenvalue weighted by Crippen LogP contribution is 2.37.